The average molecular weight is 376 g/mol. The Kier molecular flexibility index (Phi) is 5.33. The van der Waals surface area contributed by atoms with Gasteiger partial charge in [0.05, 0.1) is 5.69 Å². The van der Waals surface area contributed by atoms with E-state index in [1.807, 2.05) is 35.2 Å². The molecule has 1 aliphatic rings. The minimum atomic E-state index is -0.264. The molecule has 0 bridgehead atoms. The van der Waals surface area contributed by atoms with Gasteiger partial charge in [-0.1, -0.05) is 24.3 Å². The van der Waals surface area contributed by atoms with Crippen LogP contribution < -0.4 is 4.74 Å². The quantitative estimate of drug-likeness (QED) is 0.648. The lowest BCUT2D eigenvalue weighted by Crippen LogP contribution is -2.27. The van der Waals surface area contributed by atoms with Crippen molar-refractivity contribution in [1.82, 2.24) is 9.88 Å². The predicted molar refractivity (Wildman–Crippen MR) is 106 cm³/mol. The zero-order valence-corrected chi connectivity index (χ0v) is 15.5. The van der Waals surface area contributed by atoms with E-state index in [9.17, 15) is 9.18 Å². The Hall–Kier alpha value is -3.21. The van der Waals surface area contributed by atoms with Crippen molar-refractivity contribution >= 4 is 5.91 Å². The van der Waals surface area contributed by atoms with Crippen LogP contribution in [0.4, 0.5) is 4.39 Å². The molecule has 0 atom stereocenters. The first-order valence-corrected chi connectivity index (χ1v) is 9.42. The first-order chi connectivity index (χ1) is 13.7. The zero-order chi connectivity index (χ0) is 19.3. The first kappa shape index (κ1) is 18.2. The Morgan fingerprint density at radius 1 is 1.04 bits per heavy atom. The van der Waals surface area contributed by atoms with Gasteiger partial charge in [0.1, 0.15) is 18.2 Å². The smallest absolute Gasteiger partial charge is 0.253 e. The van der Waals surface area contributed by atoms with Crippen LogP contribution in [0.2, 0.25) is 0 Å². The van der Waals surface area contributed by atoms with E-state index >= 15 is 0 Å². The molecule has 3 aromatic rings. The average Bonchev–Trinajstić information content (AvgIpc) is 3.28. The molecule has 0 spiro atoms. The second kappa shape index (κ2) is 8.21. The summed E-state index contributed by atoms with van der Waals surface area (Å²) in [4.78, 5) is 18.9. The van der Waals surface area contributed by atoms with Crippen molar-refractivity contribution in [2.75, 3.05) is 13.1 Å². The number of likely N-dealkylation sites (tertiary alicyclic amines) is 1. The molecule has 5 heteroatoms. The summed E-state index contributed by atoms with van der Waals surface area (Å²) < 4.78 is 18.8. The van der Waals surface area contributed by atoms with E-state index in [1.54, 1.807) is 24.4 Å². The SMILES string of the molecule is O=C(c1ccnc(-c2cccc(OCc3ccc(F)cc3)c2)c1)N1CCCC1. The van der Waals surface area contributed by atoms with Crippen LogP contribution in [-0.2, 0) is 6.61 Å². The van der Waals surface area contributed by atoms with Gasteiger partial charge in [-0.3, -0.25) is 9.78 Å². The van der Waals surface area contributed by atoms with Crippen molar-refractivity contribution in [3.8, 4) is 17.0 Å². The highest BCUT2D eigenvalue weighted by atomic mass is 19.1. The van der Waals surface area contributed by atoms with Gasteiger partial charge in [0.25, 0.3) is 5.91 Å². The Bertz CT molecular complexity index is 966. The van der Waals surface area contributed by atoms with Crippen molar-refractivity contribution in [3.05, 3.63) is 83.8 Å². The zero-order valence-electron chi connectivity index (χ0n) is 15.5. The third kappa shape index (κ3) is 4.19. The maximum absolute atomic E-state index is 13.0. The van der Waals surface area contributed by atoms with Gasteiger partial charge in [0.2, 0.25) is 0 Å². The monoisotopic (exact) mass is 376 g/mol. The molecule has 0 saturated carbocycles. The number of hydrogen-bond acceptors (Lipinski definition) is 3. The van der Waals surface area contributed by atoms with Gasteiger partial charge in [-0.2, -0.15) is 0 Å². The fraction of sp³-hybridized carbons (Fsp3) is 0.217. The summed E-state index contributed by atoms with van der Waals surface area (Å²) in [6, 6.07) is 17.4. The number of ether oxygens (including phenoxy) is 1. The molecule has 28 heavy (non-hydrogen) atoms. The molecule has 0 aliphatic carbocycles. The molecule has 4 rings (SSSR count). The van der Waals surface area contributed by atoms with Gasteiger partial charge in [-0.25, -0.2) is 4.39 Å². The number of aromatic nitrogens is 1. The fourth-order valence-corrected chi connectivity index (χ4v) is 3.32. The van der Waals surface area contributed by atoms with E-state index in [-0.39, 0.29) is 11.7 Å². The minimum Gasteiger partial charge on any atom is -0.489 e. The van der Waals surface area contributed by atoms with Crippen LogP contribution in [-0.4, -0.2) is 28.9 Å². The number of halogens is 1. The highest BCUT2D eigenvalue weighted by Gasteiger charge is 2.19. The highest BCUT2D eigenvalue weighted by Crippen LogP contribution is 2.24. The molecule has 2 heterocycles. The third-order valence-electron chi connectivity index (χ3n) is 4.85. The maximum atomic E-state index is 13.0. The number of nitrogens with zero attached hydrogens (tertiary/aromatic N) is 2. The second-order valence-electron chi connectivity index (χ2n) is 6.87. The summed E-state index contributed by atoms with van der Waals surface area (Å²) in [5.74, 6) is 0.491. The summed E-state index contributed by atoms with van der Waals surface area (Å²) in [6.45, 7) is 2.00. The van der Waals surface area contributed by atoms with Gasteiger partial charge in [0, 0.05) is 30.4 Å². The molecule has 0 unspecified atom stereocenters. The summed E-state index contributed by atoms with van der Waals surface area (Å²) in [5.41, 5.74) is 3.16. The van der Waals surface area contributed by atoms with E-state index in [0.717, 1.165) is 42.8 Å². The molecule has 0 radical (unpaired) electrons. The standard InChI is InChI=1S/C23H21FN2O2/c24-20-8-6-17(7-9-20)16-28-21-5-3-4-18(14-21)22-15-19(10-11-25-22)23(27)26-12-1-2-13-26/h3-11,14-15H,1-2,12-13,16H2. The second-order valence-corrected chi connectivity index (χ2v) is 6.87. The Labute approximate surface area is 163 Å². The van der Waals surface area contributed by atoms with Gasteiger partial charge < -0.3 is 9.64 Å². The lowest BCUT2D eigenvalue weighted by Gasteiger charge is -2.15. The van der Waals surface area contributed by atoms with Crippen LogP contribution in [0.1, 0.15) is 28.8 Å². The molecule has 2 aromatic carbocycles. The molecule has 0 N–H and O–H groups in total. The largest absolute Gasteiger partial charge is 0.489 e. The van der Waals surface area contributed by atoms with Gasteiger partial charge in [-0.15, -0.1) is 0 Å². The number of pyridine rings is 1. The Balaban J connectivity index is 1.50. The van der Waals surface area contributed by atoms with E-state index in [2.05, 4.69) is 4.98 Å². The number of carbonyl (C=O) groups is 1. The molecule has 142 valence electrons. The van der Waals surface area contributed by atoms with Crippen molar-refractivity contribution in [2.45, 2.75) is 19.4 Å². The molecule has 1 fully saturated rings. The number of benzene rings is 2. The van der Waals surface area contributed by atoms with E-state index in [0.29, 0.717) is 17.9 Å². The van der Waals surface area contributed by atoms with Gasteiger partial charge >= 0.3 is 0 Å². The Morgan fingerprint density at radius 3 is 2.61 bits per heavy atom. The molecule has 1 saturated heterocycles. The molecule has 4 nitrogen and oxygen atoms in total. The number of carbonyl (C=O) groups excluding carboxylic acids is 1. The summed E-state index contributed by atoms with van der Waals surface area (Å²) in [5, 5.41) is 0. The molecule has 1 amide bonds. The fourth-order valence-electron chi connectivity index (χ4n) is 3.32. The van der Waals surface area contributed by atoms with Crippen LogP contribution in [0.3, 0.4) is 0 Å². The Morgan fingerprint density at radius 2 is 1.82 bits per heavy atom. The third-order valence-corrected chi connectivity index (χ3v) is 4.85. The van der Waals surface area contributed by atoms with E-state index in [4.69, 9.17) is 4.74 Å². The lowest BCUT2D eigenvalue weighted by molar-refractivity contribution is 0.0792. The van der Waals surface area contributed by atoms with Crippen LogP contribution in [0.25, 0.3) is 11.3 Å². The van der Waals surface area contributed by atoms with Crippen LogP contribution in [0.15, 0.2) is 66.9 Å². The normalized spacial score (nSPS) is 13.5. The predicted octanol–water partition coefficient (Wildman–Crippen LogP) is 4.70. The minimum absolute atomic E-state index is 0.0601. The number of rotatable bonds is 5. The van der Waals surface area contributed by atoms with Crippen molar-refractivity contribution in [1.29, 1.82) is 0 Å². The molecular weight excluding hydrogens is 355 g/mol. The summed E-state index contributed by atoms with van der Waals surface area (Å²) in [6.07, 6.45) is 3.80. The van der Waals surface area contributed by atoms with E-state index < -0.39 is 0 Å². The summed E-state index contributed by atoms with van der Waals surface area (Å²) >= 11 is 0. The topological polar surface area (TPSA) is 42.4 Å². The number of amides is 1. The van der Waals surface area contributed by atoms with Gasteiger partial charge in [-0.05, 0) is 54.8 Å². The molecular formula is C23H21FN2O2. The maximum Gasteiger partial charge on any atom is 0.253 e. The summed E-state index contributed by atoms with van der Waals surface area (Å²) in [7, 11) is 0. The first-order valence-electron chi connectivity index (χ1n) is 9.42. The number of hydrogen-bond donors (Lipinski definition) is 0. The lowest BCUT2D eigenvalue weighted by atomic mass is 10.1. The highest BCUT2D eigenvalue weighted by molar-refractivity contribution is 5.95. The van der Waals surface area contributed by atoms with Gasteiger partial charge in [0.15, 0.2) is 0 Å². The molecule has 1 aromatic heterocycles. The van der Waals surface area contributed by atoms with Crippen molar-refractivity contribution in [2.24, 2.45) is 0 Å². The van der Waals surface area contributed by atoms with Crippen LogP contribution in [0, 0.1) is 5.82 Å². The van der Waals surface area contributed by atoms with Crippen molar-refractivity contribution < 1.29 is 13.9 Å². The molecule has 1 aliphatic heterocycles. The van der Waals surface area contributed by atoms with Crippen LogP contribution >= 0.6 is 0 Å². The van der Waals surface area contributed by atoms with Crippen LogP contribution in [0.5, 0.6) is 5.75 Å². The van der Waals surface area contributed by atoms with Crippen molar-refractivity contribution in [3.63, 3.8) is 0 Å². The van der Waals surface area contributed by atoms with E-state index in [1.165, 1.54) is 12.1 Å².